The van der Waals surface area contributed by atoms with E-state index in [1.54, 1.807) is 0 Å². The van der Waals surface area contributed by atoms with Gasteiger partial charge in [0.25, 0.3) is 5.91 Å². The molecular formula is C23H39N5O2. The van der Waals surface area contributed by atoms with Crippen molar-refractivity contribution in [3.8, 4) is 0 Å². The molecule has 7 nitrogen and oxygen atoms in total. The Labute approximate surface area is 181 Å². The number of nitrogens with zero attached hydrogens (tertiary/aromatic N) is 4. The van der Waals surface area contributed by atoms with Crippen LogP contribution in [0.5, 0.6) is 0 Å². The quantitative estimate of drug-likeness (QED) is 0.741. The van der Waals surface area contributed by atoms with Crippen molar-refractivity contribution in [2.24, 2.45) is 11.3 Å². The van der Waals surface area contributed by atoms with Crippen LogP contribution in [0.4, 0.5) is 0 Å². The lowest BCUT2D eigenvalue weighted by atomic mass is 9.97. The maximum Gasteiger partial charge on any atom is 0.274 e. The molecule has 3 heterocycles. The number of aryl methyl sites for hydroxylation is 1. The monoisotopic (exact) mass is 417 g/mol. The Balaban J connectivity index is 1.61. The molecule has 2 aliphatic heterocycles. The standard InChI is InChI=1S/C23H39N5O2/c1-7-18(8-2)28-16(3)11-19(25-28)22(30)27-10-9-17-12-26(13-20(17)27)14-21(29)24-15-23(4,5)6/h11,17-18,20H,7-10,12-15H2,1-6H3,(H,24,29)/t17-,20+/m1/s1. The van der Waals surface area contributed by atoms with E-state index in [9.17, 15) is 9.59 Å². The predicted octanol–water partition coefficient (Wildman–Crippen LogP) is 2.86. The van der Waals surface area contributed by atoms with Gasteiger partial charge in [0.15, 0.2) is 5.69 Å². The van der Waals surface area contributed by atoms with Crippen LogP contribution >= 0.6 is 0 Å². The first kappa shape index (κ1) is 22.8. The average molecular weight is 418 g/mol. The van der Waals surface area contributed by atoms with Crippen molar-refractivity contribution in [3.63, 3.8) is 0 Å². The fraction of sp³-hybridized carbons (Fsp3) is 0.783. The highest BCUT2D eigenvalue weighted by Gasteiger charge is 2.44. The SMILES string of the molecule is CCC(CC)n1nc(C(=O)N2CC[C@@H]3CN(CC(=O)NCC(C)(C)C)C[C@@H]32)cc1C. The molecule has 0 spiro atoms. The minimum absolute atomic E-state index is 0.0364. The summed E-state index contributed by atoms with van der Waals surface area (Å²) in [5.41, 5.74) is 1.68. The van der Waals surface area contributed by atoms with Gasteiger partial charge in [-0.25, -0.2) is 0 Å². The van der Waals surface area contributed by atoms with E-state index in [1.165, 1.54) is 0 Å². The Morgan fingerprint density at radius 3 is 2.57 bits per heavy atom. The third-order valence-corrected chi connectivity index (χ3v) is 6.50. The van der Waals surface area contributed by atoms with Gasteiger partial charge in [0, 0.05) is 37.9 Å². The molecule has 2 saturated heterocycles. The van der Waals surface area contributed by atoms with Crippen LogP contribution in [-0.2, 0) is 4.79 Å². The third-order valence-electron chi connectivity index (χ3n) is 6.50. The summed E-state index contributed by atoms with van der Waals surface area (Å²) in [6.45, 7) is 16.2. The predicted molar refractivity (Wildman–Crippen MR) is 118 cm³/mol. The summed E-state index contributed by atoms with van der Waals surface area (Å²) in [6, 6.07) is 2.46. The Bertz CT molecular complexity index is 762. The van der Waals surface area contributed by atoms with Crippen molar-refractivity contribution in [2.75, 3.05) is 32.7 Å². The number of carbonyl (C=O) groups is 2. The van der Waals surface area contributed by atoms with Gasteiger partial charge in [0.2, 0.25) is 5.91 Å². The number of hydrogen-bond acceptors (Lipinski definition) is 4. The van der Waals surface area contributed by atoms with Crippen LogP contribution in [0.1, 0.15) is 76.1 Å². The first-order valence-electron chi connectivity index (χ1n) is 11.5. The van der Waals surface area contributed by atoms with Gasteiger partial charge in [-0.3, -0.25) is 19.2 Å². The highest BCUT2D eigenvalue weighted by molar-refractivity contribution is 5.93. The van der Waals surface area contributed by atoms with Gasteiger partial charge in [0.1, 0.15) is 0 Å². The molecule has 30 heavy (non-hydrogen) atoms. The molecule has 2 amide bonds. The van der Waals surface area contributed by atoms with E-state index in [0.29, 0.717) is 30.7 Å². The molecule has 0 aliphatic carbocycles. The number of amides is 2. The highest BCUT2D eigenvalue weighted by atomic mass is 16.2. The van der Waals surface area contributed by atoms with Crippen LogP contribution in [0.3, 0.4) is 0 Å². The number of fused-ring (bicyclic) bond motifs is 1. The summed E-state index contributed by atoms with van der Waals surface area (Å²) < 4.78 is 2.02. The molecule has 0 unspecified atom stereocenters. The first-order valence-corrected chi connectivity index (χ1v) is 11.5. The number of aromatic nitrogens is 2. The van der Waals surface area contributed by atoms with Crippen LogP contribution in [0.15, 0.2) is 6.07 Å². The summed E-state index contributed by atoms with van der Waals surface area (Å²) in [4.78, 5) is 29.8. The van der Waals surface area contributed by atoms with E-state index in [2.05, 4.69) is 49.9 Å². The molecule has 3 rings (SSSR count). The molecule has 2 aliphatic rings. The van der Waals surface area contributed by atoms with Crippen LogP contribution in [0.25, 0.3) is 0 Å². The number of carbonyl (C=O) groups excluding carboxylic acids is 2. The van der Waals surface area contributed by atoms with Crippen molar-refractivity contribution in [3.05, 3.63) is 17.5 Å². The normalized spacial score (nSPS) is 22.0. The zero-order valence-electron chi connectivity index (χ0n) is 19.6. The third kappa shape index (κ3) is 5.05. The molecule has 1 N–H and O–H groups in total. The van der Waals surface area contributed by atoms with Gasteiger partial charge in [-0.2, -0.15) is 5.10 Å². The van der Waals surface area contributed by atoms with Crippen LogP contribution in [0.2, 0.25) is 0 Å². The minimum atomic E-state index is 0.0364. The summed E-state index contributed by atoms with van der Waals surface area (Å²) in [5.74, 6) is 0.559. The Kier molecular flexibility index (Phi) is 6.90. The molecule has 0 radical (unpaired) electrons. The van der Waals surface area contributed by atoms with Crippen LogP contribution in [-0.4, -0.2) is 70.2 Å². The number of rotatable bonds is 7. The summed E-state index contributed by atoms with van der Waals surface area (Å²) in [5, 5.41) is 7.70. The lowest BCUT2D eigenvalue weighted by Gasteiger charge is -2.24. The van der Waals surface area contributed by atoms with E-state index in [1.807, 2.05) is 22.6 Å². The van der Waals surface area contributed by atoms with E-state index < -0.39 is 0 Å². The average Bonchev–Trinajstić information content (AvgIpc) is 3.35. The van der Waals surface area contributed by atoms with E-state index in [4.69, 9.17) is 0 Å². The smallest absolute Gasteiger partial charge is 0.274 e. The Morgan fingerprint density at radius 2 is 1.93 bits per heavy atom. The second-order valence-electron chi connectivity index (χ2n) is 10.2. The zero-order chi connectivity index (χ0) is 22.1. The summed E-state index contributed by atoms with van der Waals surface area (Å²) >= 11 is 0. The Hall–Kier alpha value is -1.89. The van der Waals surface area contributed by atoms with Crippen LogP contribution in [0, 0.1) is 18.3 Å². The van der Waals surface area contributed by atoms with Crippen molar-refractivity contribution < 1.29 is 9.59 Å². The molecule has 1 aromatic heterocycles. The van der Waals surface area contributed by atoms with E-state index >= 15 is 0 Å². The molecule has 1 aromatic rings. The van der Waals surface area contributed by atoms with Gasteiger partial charge >= 0.3 is 0 Å². The highest BCUT2D eigenvalue weighted by Crippen LogP contribution is 2.32. The zero-order valence-corrected chi connectivity index (χ0v) is 19.6. The van der Waals surface area contributed by atoms with Gasteiger partial charge in [-0.15, -0.1) is 0 Å². The molecule has 2 fully saturated rings. The van der Waals surface area contributed by atoms with E-state index in [0.717, 1.165) is 44.6 Å². The van der Waals surface area contributed by atoms with Crippen molar-refractivity contribution in [2.45, 2.75) is 72.9 Å². The van der Waals surface area contributed by atoms with E-state index in [-0.39, 0.29) is 23.3 Å². The number of nitrogens with one attached hydrogen (secondary N) is 1. The maximum absolute atomic E-state index is 13.2. The molecule has 0 bridgehead atoms. The van der Waals surface area contributed by atoms with Crippen molar-refractivity contribution in [1.82, 2.24) is 24.9 Å². The summed E-state index contributed by atoms with van der Waals surface area (Å²) in [7, 11) is 0. The fourth-order valence-electron chi connectivity index (χ4n) is 4.80. The molecular weight excluding hydrogens is 378 g/mol. The molecule has 7 heteroatoms. The van der Waals surface area contributed by atoms with Gasteiger partial charge in [-0.1, -0.05) is 34.6 Å². The molecule has 2 atom stereocenters. The summed E-state index contributed by atoms with van der Waals surface area (Å²) in [6.07, 6.45) is 3.02. The number of likely N-dealkylation sites (tertiary alicyclic amines) is 2. The number of hydrogen-bond donors (Lipinski definition) is 1. The second kappa shape index (κ2) is 9.08. The van der Waals surface area contributed by atoms with Crippen molar-refractivity contribution in [1.29, 1.82) is 0 Å². The van der Waals surface area contributed by atoms with Gasteiger partial charge in [0.05, 0.1) is 12.6 Å². The lowest BCUT2D eigenvalue weighted by molar-refractivity contribution is -0.122. The van der Waals surface area contributed by atoms with Crippen molar-refractivity contribution >= 4 is 11.8 Å². The maximum atomic E-state index is 13.2. The minimum Gasteiger partial charge on any atom is -0.354 e. The molecule has 0 aromatic carbocycles. The second-order valence-corrected chi connectivity index (χ2v) is 10.2. The Morgan fingerprint density at radius 1 is 1.23 bits per heavy atom. The van der Waals surface area contributed by atoms with Gasteiger partial charge < -0.3 is 10.2 Å². The topological polar surface area (TPSA) is 70.5 Å². The van der Waals surface area contributed by atoms with Gasteiger partial charge in [-0.05, 0) is 43.6 Å². The molecule has 0 saturated carbocycles. The first-order chi connectivity index (χ1) is 14.1. The lowest BCUT2D eigenvalue weighted by Crippen LogP contribution is -2.43. The largest absolute Gasteiger partial charge is 0.354 e. The van der Waals surface area contributed by atoms with Crippen LogP contribution < -0.4 is 5.32 Å². The fourth-order valence-corrected chi connectivity index (χ4v) is 4.80. The molecule has 168 valence electrons.